The van der Waals surface area contributed by atoms with E-state index in [1.165, 1.54) is 26.0 Å². The molecule has 3 aromatic carbocycles. The number of oxime groups is 1. The van der Waals surface area contributed by atoms with Gasteiger partial charge in [-0.15, -0.1) is 0 Å². The molecular weight excluding hydrogens is 458 g/mol. The van der Waals surface area contributed by atoms with Crippen LogP contribution in [0, 0.1) is 6.92 Å². The molecule has 3 rings (SSSR count). The SMILES string of the molecule is COC=C(C(=O)OC)c1ccccc1COc1cc(C(C)=NOCc2ccc(C)cc2)ccc1OC. The van der Waals surface area contributed by atoms with Crippen LogP contribution < -0.4 is 9.47 Å². The predicted molar refractivity (Wildman–Crippen MR) is 139 cm³/mol. The van der Waals surface area contributed by atoms with Crippen LogP contribution in [-0.4, -0.2) is 33.0 Å². The maximum Gasteiger partial charge on any atom is 0.341 e. The first kappa shape index (κ1) is 26.3. The van der Waals surface area contributed by atoms with Crippen molar-refractivity contribution in [3.8, 4) is 11.5 Å². The smallest absolute Gasteiger partial charge is 0.341 e. The highest BCUT2D eigenvalue weighted by Gasteiger charge is 2.17. The van der Waals surface area contributed by atoms with E-state index in [-0.39, 0.29) is 6.61 Å². The summed E-state index contributed by atoms with van der Waals surface area (Å²) in [6.07, 6.45) is 1.36. The minimum Gasteiger partial charge on any atom is -0.503 e. The van der Waals surface area contributed by atoms with Gasteiger partial charge in [0.1, 0.15) is 18.8 Å². The van der Waals surface area contributed by atoms with Crippen molar-refractivity contribution in [2.24, 2.45) is 5.16 Å². The van der Waals surface area contributed by atoms with E-state index in [0.717, 1.165) is 16.7 Å². The number of carbonyl (C=O) groups is 1. The summed E-state index contributed by atoms with van der Waals surface area (Å²) in [5, 5.41) is 4.26. The lowest BCUT2D eigenvalue weighted by atomic mass is 10.0. The molecule has 0 aliphatic heterocycles. The highest BCUT2D eigenvalue weighted by atomic mass is 16.6. The fourth-order valence-corrected chi connectivity index (χ4v) is 3.47. The number of methoxy groups -OCH3 is 3. The van der Waals surface area contributed by atoms with Gasteiger partial charge in [0.25, 0.3) is 0 Å². The van der Waals surface area contributed by atoms with E-state index in [1.54, 1.807) is 7.11 Å². The zero-order valence-electron chi connectivity index (χ0n) is 21.2. The van der Waals surface area contributed by atoms with E-state index in [0.29, 0.717) is 35.0 Å². The summed E-state index contributed by atoms with van der Waals surface area (Å²) in [6, 6.07) is 21.1. The molecular formula is C29H31NO6. The number of esters is 1. The standard InChI is InChI=1S/C29H31NO6/c1-20-10-12-22(13-11-20)17-36-30-21(2)23-14-15-27(33-4)28(16-23)35-18-24-8-6-7-9-25(24)26(19-32-3)29(31)34-5/h6-16,19H,17-18H2,1-5H3. The van der Waals surface area contributed by atoms with Crippen molar-refractivity contribution < 1.29 is 28.6 Å². The molecule has 0 heterocycles. The summed E-state index contributed by atoms with van der Waals surface area (Å²) in [5.74, 6) is 0.611. The molecule has 0 atom stereocenters. The Morgan fingerprint density at radius 3 is 2.36 bits per heavy atom. The van der Waals surface area contributed by atoms with Gasteiger partial charge in [-0.1, -0.05) is 59.3 Å². The molecule has 0 radical (unpaired) electrons. The van der Waals surface area contributed by atoms with E-state index < -0.39 is 5.97 Å². The Bertz CT molecular complexity index is 1230. The molecule has 0 unspecified atom stereocenters. The predicted octanol–water partition coefficient (Wildman–Crippen LogP) is 5.68. The van der Waals surface area contributed by atoms with Gasteiger partial charge in [-0.3, -0.25) is 0 Å². The number of hydrogen-bond acceptors (Lipinski definition) is 7. The number of benzene rings is 3. The van der Waals surface area contributed by atoms with Gasteiger partial charge in [0, 0.05) is 5.56 Å². The molecule has 0 amide bonds. The van der Waals surface area contributed by atoms with Crippen molar-refractivity contribution in [1.82, 2.24) is 0 Å². The zero-order chi connectivity index (χ0) is 25.9. The Morgan fingerprint density at radius 2 is 1.67 bits per heavy atom. The van der Waals surface area contributed by atoms with Crippen LogP contribution >= 0.6 is 0 Å². The Balaban J connectivity index is 1.78. The van der Waals surface area contributed by atoms with Gasteiger partial charge in [0.15, 0.2) is 11.5 Å². The van der Waals surface area contributed by atoms with Crippen LogP contribution in [0.1, 0.15) is 34.7 Å². The molecule has 36 heavy (non-hydrogen) atoms. The first-order valence-corrected chi connectivity index (χ1v) is 11.4. The number of aryl methyl sites for hydroxylation is 1. The lowest BCUT2D eigenvalue weighted by Crippen LogP contribution is -2.08. The quantitative estimate of drug-likeness (QED) is 0.113. The van der Waals surface area contributed by atoms with Crippen molar-refractivity contribution in [1.29, 1.82) is 0 Å². The fourth-order valence-electron chi connectivity index (χ4n) is 3.47. The molecule has 0 spiro atoms. The minimum atomic E-state index is -0.499. The molecule has 0 aliphatic carbocycles. The molecule has 3 aromatic rings. The Hall–Kier alpha value is -4.26. The van der Waals surface area contributed by atoms with Crippen LogP contribution in [0.2, 0.25) is 0 Å². The van der Waals surface area contributed by atoms with Crippen molar-refractivity contribution in [3.63, 3.8) is 0 Å². The van der Waals surface area contributed by atoms with Crippen molar-refractivity contribution in [2.75, 3.05) is 21.3 Å². The lowest BCUT2D eigenvalue weighted by Gasteiger charge is -2.15. The Kier molecular flexibility index (Phi) is 9.51. The first-order chi connectivity index (χ1) is 17.5. The fraction of sp³-hybridized carbons (Fsp3) is 0.241. The van der Waals surface area contributed by atoms with Gasteiger partial charge in [-0.05, 0) is 48.7 Å². The maximum absolute atomic E-state index is 12.3. The van der Waals surface area contributed by atoms with Gasteiger partial charge < -0.3 is 23.8 Å². The third-order valence-corrected chi connectivity index (χ3v) is 5.47. The molecule has 0 fully saturated rings. The summed E-state index contributed by atoms with van der Waals surface area (Å²) in [5.41, 5.74) is 5.51. The number of carbonyl (C=O) groups excluding carboxylic acids is 1. The van der Waals surface area contributed by atoms with E-state index >= 15 is 0 Å². The van der Waals surface area contributed by atoms with E-state index in [1.807, 2.05) is 80.6 Å². The molecule has 0 aromatic heterocycles. The van der Waals surface area contributed by atoms with Crippen molar-refractivity contribution in [2.45, 2.75) is 27.1 Å². The second-order valence-electron chi connectivity index (χ2n) is 8.01. The van der Waals surface area contributed by atoms with Gasteiger partial charge in [0.2, 0.25) is 0 Å². The summed E-state index contributed by atoms with van der Waals surface area (Å²) in [4.78, 5) is 17.8. The van der Waals surface area contributed by atoms with Gasteiger partial charge in [-0.2, -0.15) is 0 Å². The molecule has 0 saturated heterocycles. The van der Waals surface area contributed by atoms with Crippen LogP contribution in [0.5, 0.6) is 11.5 Å². The molecule has 0 aliphatic rings. The van der Waals surface area contributed by atoms with Crippen molar-refractivity contribution in [3.05, 3.63) is 101 Å². The monoisotopic (exact) mass is 489 g/mol. The van der Waals surface area contributed by atoms with Crippen LogP contribution in [0.25, 0.3) is 5.57 Å². The minimum absolute atomic E-state index is 0.189. The molecule has 0 bridgehead atoms. The van der Waals surface area contributed by atoms with E-state index in [9.17, 15) is 4.79 Å². The van der Waals surface area contributed by atoms with Gasteiger partial charge >= 0.3 is 5.97 Å². The molecule has 7 heteroatoms. The molecule has 0 saturated carbocycles. The van der Waals surface area contributed by atoms with Crippen molar-refractivity contribution >= 4 is 17.3 Å². The third-order valence-electron chi connectivity index (χ3n) is 5.47. The highest BCUT2D eigenvalue weighted by Crippen LogP contribution is 2.30. The lowest BCUT2D eigenvalue weighted by molar-refractivity contribution is -0.133. The first-order valence-electron chi connectivity index (χ1n) is 11.4. The van der Waals surface area contributed by atoms with Gasteiger partial charge in [0.05, 0.1) is 33.3 Å². The summed E-state index contributed by atoms with van der Waals surface area (Å²) < 4.78 is 21.6. The average Bonchev–Trinajstić information content (AvgIpc) is 2.91. The number of rotatable bonds is 11. The normalized spacial score (nSPS) is 11.6. The van der Waals surface area contributed by atoms with Crippen LogP contribution in [0.3, 0.4) is 0 Å². The summed E-state index contributed by atoms with van der Waals surface area (Å²) in [6.45, 7) is 4.48. The Morgan fingerprint density at radius 1 is 0.917 bits per heavy atom. The molecule has 0 N–H and O–H groups in total. The average molecular weight is 490 g/mol. The van der Waals surface area contributed by atoms with Crippen LogP contribution in [-0.2, 0) is 32.3 Å². The maximum atomic E-state index is 12.3. The van der Waals surface area contributed by atoms with Crippen LogP contribution in [0.4, 0.5) is 0 Å². The summed E-state index contributed by atoms with van der Waals surface area (Å²) >= 11 is 0. The second kappa shape index (κ2) is 13.0. The van der Waals surface area contributed by atoms with E-state index in [2.05, 4.69) is 5.16 Å². The number of nitrogens with zero attached hydrogens (tertiary/aromatic N) is 1. The van der Waals surface area contributed by atoms with Gasteiger partial charge in [-0.25, -0.2) is 4.79 Å². The topological polar surface area (TPSA) is 75.6 Å². The zero-order valence-corrected chi connectivity index (χ0v) is 21.2. The number of hydrogen-bond donors (Lipinski definition) is 0. The highest BCUT2D eigenvalue weighted by molar-refractivity contribution is 6.16. The second-order valence-corrected chi connectivity index (χ2v) is 8.01. The number of ether oxygens (including phenoxy) is 4. The molecule has 7 nitrogen and oxygen atoms in total. The molecule has 188 valence electrons. The summed E-state index contributed by atoms with van der Waals surface area (Å²) in [7, 11) is 4.39. The third kappa shape index (κ3) is 6.88. The largest absolute Gasteiger partial charge is 0.503 e. The van der Waals surface area contributed by atoms with Crippen LogP contribution in [0.15, 0.2) is 78.1 Å². The van der Waals surface area contributed by atoms with E-state index in [4.69, 9.17) is 23.8 Å². The Labute approximate surface area is 211 Å².